The van der Waals surface area contributed by atoms with E-state index in [2.05, 4.69) is 13.8 Å². The van der Waals surface area contributed by atoms with E-state index in [0.717, 1.165) is 51.4 Å². The third kappa shape index (κ3) is 25.3. The zero-order chi connectivity index (χ0) is 46.1. The summed E-state index contributed by atoms with van der Waals surface area (Å²) < 4.78 is 33.4. The summed E-state index contributed by atoms with van der Waals surface area (Å²) in [6.07, 6.45) is 16.1. The lowest BCUT2D eigenvalue weighted by Crippen LogP contribution is -2.61. The van der Waals surface area contributed by atoms with Gasteiger partial charge in [-0.15, -0.1) is 0 Å². The van der Waals surface area contributed by atoms with E-state index in [9.17, 15) is 45.3 Å². The van der Waals surface area contributed by atoms with Gasteiger partial charge < -0.3 is 64.2 Å². The Bertz CT molecular complexity index is 1110. The number of aliphatic hydroxyl groups excluding tert-OH is 7. The predicted molar refractivity (Wildman–Crippen MR) is 238 cm³/mol. The lowest BCUT2D eigenvalue weighted by molar-refractivity contribution is -0.332. The summed E-state index contributed by atoms with van der Waals surface area (Å²) in [5.41, 5.74) is 0. The van der Waals surface area contributed by atoms with Gasteiger partial charge in [0.15, 0.2) is 18.7 Å². The van der Waals surface area contributed by atoms with Crippen molar-refractivity contribution in [2.45, 2.75) is 268 Å². The molecule has 0 aliphatic carbocycles. The van der Waals surface area contributed by atoms with Crippen molar-refractivity contribution >= 4 is 11.9 Å². The molecule has 2 fully saturated rings. The van der Waals surface area contributed by atoms with E-state index >= 15 is 0 Å². The van der Waals surface area contributed by atoms with E-state index in [1.807, 2.05) is 0 Å². The minimum Gasteiger partial charge on any atom is -0.462 e. The fraction of sp³-hybridized carbons (Fsp3) is 0.958. The largest absolute Gasteiger partial charge is 0.462 e. The number of aliphatic hydroxyl groups is 7. The Morgan fingerprint density at radius 2 is 0.810 bits per heavy atom. The smallest absolute Gasteiger partial charge is 0.306 e. The van der Waals surface area contributed by atoms with Crippen molar-refractivity contribution in [3.05, 3.63) is 0 Å². The van der Waals surface area contributed by atoms with Crippen LogP contribution in [0.4, 0.5) is 0 Å². The van der Waals surface area contributed by atoms with Gasteiger partial charge in [0.05, 0.1) is 19.8 Å². The summed E-state index contributed by atoms with van der Waals surface area (Å²) in [5.74, 6) is -0.919. The molecule has 4 unspecified atom stereocenters. The Labute approximate surface area is 378 Å². The topological polar surface area (TPSA) is 231 Å². The molecule has 372 valence electrons. The third-order valence-electron chi connectivity index (χ3n) is 12.3. The van der Waals surface area contributed by atoms with Crippen LogP contribution in [0.25, 0.3) is 0 Å². The maximum absolute atomic E-state index is 12.8. The van der Waals surface area contributed by atoms with E-state index in [-0.39, 0.29) is 26.1 Å². The quantitative estimate of drug-likeness (QED) is 0.0260. The first kappa shape index (κ1) is 57.6. The second-order valence-corrected chi connectivity index (χ2v) is 18.0. The van der Waals surface area contributed by atoms with Crippen LogP contribution in [0.1, 0.15) is 200 Å². The molecule has 0 aromatic carbocycles. The minimum absolute atomic E-state index is 0.169. The van der Waals surface area contributed by atoms with E-state index < -0.39 is 92.7 Å². The number of rotatable bonds is 39. The van der Waals surface area contributed by atoms with Crippen molar-refractivity contribution < 1.29 is 73.8 Å². The molecule has 2 heterocycles. The number of carbonyl (C=O) groups is 2. The summed E-state index contributed by atoms with van der Waals surface area (Å²) in [6, 6.07) is 0. The molecular formula is C48H90O15. The molecule has 2 rings (SSSR count). The van der Waals surface area contributed by atoms with Crippen LogP contribution in [0.5, 0.6) is 0 Å². The first-order valence-electron chi connectivity index (χ1n) is 25.1. The van der Waals surface area contributed by atoms with E-state index in [4.69, 9.17) is 28.4 Å². The second kappa shape index (κ2) is 36.6. The SMILES string of the molecule is CCCCCCCCCCCCCCCCCCCCCCC(=O)OC[C@@H](CO[C@@H]1O[C@H](CO[C@@H]2O[C@H](CO)[C@H](O)C(O)C2O)[C@H](O)C(O)C1O)OC(=O)CCCCCCCCC. The van der Waals surface area contributed by atoms with Crippen molar-refractivity contribution in [1.29, 1.82) is 0 Å². The molecule has 0 amide bonds. The van der Waals surface area contributed by atoms with Crippen LogP contribution >= 0.6 is 0 Å². The fourth-order valence-corrected chi connectivity index (χ4v) is 8.16. The molecule has 0 bridgehead atoms. The highest BCUT2D eigenvalue weighted by Gasteiger charge is 2.47. The molecule has 0 radical (unpaired) electrons. The number of hydrogen-bond acceptors (Lipinski definition) is 15. The summed E-state index contributed by atoms with van der Waals surface area (Å²) in [4.78, 5) is 25.6. The Balaban J connectivity index is 1.72. The molecule has 2 saturated heterocycles. The molecule has 2 aliphatic rings. The average Bonchev–Trinajstić information content (AvgIpc) is 3.28. The van der Waals surface area contributed by atoms with Gasteiger partial charge >= 0.3 is 11.9 Å². The van der Waals surface area contributed by atoms with E-state index in [1.54, 1.807) is 0 Å². The molecule has 15 heteroatoms. The molecule has 0 aromatic heterocycles. The Morgan fingerprint density at radius 3 is 1.24 bits per heavy atom. The highest BCUT2D eigenvalue weighted by Crippen LogP contribution is 2.26. The maximum atomic E-state index is 12.8. The van der Waals surface area contributed by atoms with Crippen LogP contribution in [0.2, 0.25) is 0 Å². The van der Waals surface area contributed by atoms with Crippen LogP contribution in [0, 0.1) is 0 Å². The third-order valence-corrected chi connectivity index (χ3v) is 12.3. The number of carbonyl (C=O) groups excluding carboxylic acids is 2. The number of esters is 2. The minimum atomic E-state index is -1.76. The molecule has 7 N–H and O–H groups in total. The van der Waals surface area contributed by atoms with Gasteiger partial charge in [-0.3, -0.25) is 9.59 Å². The Morgan fingerprint density at radius 1 is 0.444 bits per heavy atom. The highest BCUT2D eigenvalue weighted by atomic mass is 16.7. The summed E-state index contributed by atoms with van der Waals surface area (Å²) in [7, 11) is 0. The molecule has 2 aliphatic heterocycles. The van der Waals surface area contributed by atoms with Crippen molar-refractivity contribution in [1.82, 2.24) is 0 Å². The van der Waals surface area contributed by atoms with Gasteiger partial charge in [-0.05, 0) is 12.8 Å². The molecule has 0 spiro atoms. The number of hydrogen-bond donors (Lipinski definition) is 7. The first-order valence-corrected chi connectivity index (χ1v) is 25.1. The zero-order valence-electron chi connectivity index (χ0n) is 39.1. The molecule has 0 saturated carbocycles. The number of ether oxygens (including phenoxy) is 6. The second-order valence-electron chi connectivity index (χ2n) is 18.0. The summed E-state index contributed by atoms with van der Waals surface area (Å²) >= 11 is 0. The highest BCUT2D eigenvalue weighted by molar-refractivity contribution is 5.70. The molecule has 63 heavy (non-hydrogen) atoms. The molecular weight excluding hydrogens is 817 g/mol. The molecule has 15 nitrogen and oxygen atoms in total. The average molecular weight is 907 g/mol. The van der Waals surface area contributed by atoms with E-state index in [0.29, 0.717) is 12.8 Å². The number of unbranched alkanes of at least 4 members (excludes halogenated alkanes) is 25. The van der Waals surface area contributed by atoms with Crippen molar-refractivity contribution in [2.75, 3.05) is 26.4 Å². The normalized spacial score (nSPS) is 26.7. The van der Waals surface area contributed by atoms with Crippen LogP contribution in [-0.4, -0.2) is 142 Å². The van der Waals surface area contributed by atoms with Crippen molar-refractivity contribution in [3.63, 3.8) is 0 Å². The van der Waals surface area contributed by atoms with Gasteiger partial charge in [0.25, 0.3) is 0 Å². The Hall–Kier alpha value is -1.50. The zero-order valence-corrected chi connectivity index (χ0v) is 39.1. The molecule has 0 aromatic rings. The maximum Gasteiger partial charge on any atom is 0.306 e. The standard InChI is InChI=1S/C48H90O15/c1-3-5-7-9-11-12-13-14-15-16-17-18-19-20-21-22-23-25-26-28-30-39(50)58-33-36(61-40(51)31-29-27-24-10-8-6-4-2)34-59-47-46(57)44(55)42(53)38(63-47)35-60-48-45(56)43(54)41(52)37(32-49)62-48/h36-38,41-49,52-57H,3-35H2,1-2H3/t36-,37+,38+,41-,42-,43?,44?,45?,46?,47+,48+/m0/s1. The summed E-state index contributed by atoms with van der Waals surface area (Å²) in [6.45, 7) is 2.56. The van der Waals surface area contributed by atoms with Gasteiger partial charge in [0.1, 0.15) is 55.4 Å². The molecule has 11 atom stereocenters. The van der Waals surface area contributed by atoms with Crippen LogP contribution < -0.4 is 0 Å². The van der Waals surface area contributed by atoms with Crippen LogP contribution in [0.15, 0.2) is 0 Å². The van der Waals surface area contributed by atoms with Crippen molar-refractivity contribution in [2.24, 2.45) is 0 Å². The van der Waals surface area contributed by atoms with Crippen LogP contribution in [0.3, 0.4) is 0 Å². The van der Waals surface area contributed by atoms with Crippen LogP contribution in [-0.2, 0) is 38.0 Å². The lowest BCUT2D eigenvalue weighted by atomic mass is 9.98. The monoisotopic (exact) mass is 907 g/mol. The van der Waals surface area contributed by atoms with E-state index in [1.165, 1.54) is 109 Å². The lowest BCUT2D eigenvalue weighted by Gasteiger charge is -2.42. The fourth-order valence-electron chi connectivity index (χ4n) is 8.16. The summed E-state index contributed by atoms with van der Waals surface area (Å²) in [5, 5.41) is 71.8. The van der Waals surface area contributed by atoms with Gasteiger partial charge in [-0.25, -0.2) is 0 Å². The predicted octanol–water partition coefficient (Wildman–Crippen LogP) is 6.43. The van der Waals surface area contributed by atoms with Crippen molar-refractivity contribution in [3.8, 4) is 0 Å². The van der Waals surface area contributed by atoms with Gasteiger partial charge in [-0.2, -0.15) is 0 Å². The van der Waals surface area contributed by atoms with Gasteiger partial charge in [-0.1, -0.05) is 174 Å². The van der Waals surface area contributed by atoms with Gasteiger partial charge in [0.2, 0.25) is 0 Å². The van der Waals surface area contributed by atoms with Gasteiger partial charge in [0, 0.05) is 12.8 Å². The Kier molecular flexibility index (Phi) is 33.5. The first-order chi connectivity index (χ1) is 30.5.